The minimum Gasteiger partial charge on any atom is -0.349 e. The molecule has 0 atom stereocenters. The molecule has 0 fully saturated rings. The lowest BCUT2D eigenvalue weighted by molar-refractivity contribution is -0.122. The van der Waals surface area contributed by atoms with Gasteiger partial charge in [-0.1, -0.05) is 0 Å². The highest BCUT2D eigenvalue weighted by atomic mass is 79.9. The van der Waals surface area contributed by atoms with Crippen molar-refractivity contribution >= 4 is 21.8 Å². The molecule has 2 aromatic heterocycles. The van der Waals surface area contributed by atoms with Crippen LogP contribution in [0.4, 0.5) is 0 Å². The summed E-state index contributed by atoms with van der Waals surface area (Å²) >= 11 is 3.28. The van der Waals surface area contributed by atoms with Gasteiger partial charge in [-0.3, -0.25) is 14.2 Å². The summed E-state index contributed by atoms with van der Waals surface area (Å²) in [5.74, 6) is -0.0890. The Kier molecular flexibility index (Phi) is 3.81. The molecule has 0 saturated heterocycles. The zero-order valence-electron chi connectivity index (χ0n) is 10.2. The second-order valence-corrected chi connectivity index (χ2v) is 4.95. The Labute approximate surface area is 113 Å². The Morgan fingerprint density at radius 3 is 2.89 bits per heavy atom. The monoisotopic (exact) mass is 311 g/mol. The maximum atomic E-state index is 11.7. The molecule has 0 aliphatic heterocycles. The molecule has 0 radical (unpaired) electrons. The van der Waals surface area contributed by atoms with E-state index in [1.54, 1.807) is 21.8 Å². The fourth-order valence-corrected chi connectivity index (χ4v) is 1.87. The van der Waals surface area contributed by atoms with Gasteiger partial charge >= 0.3 is 0 Å². The van der Waals surface area contributed by atoms with Crippen LogP contribution in [0.2, 0.25) is 0 Å². The molecule has 1 amide bonds. The molecule has 0 aliphatic rings. The highest BCUT2D eigenvalue weighted by molar-refractivity contribution is 9.10. The zero-order chi connectivity index (χ0) is 13.1. The Morgan fingerprint density at radius 2 is 2.33 bits per heavy atom. The standard InChI is InChI=1S/C11H14BrN5O/c1-8-3-10(15-16(8)2)5-13-11(18)7-17-6-9(12)4-14-17/h3-4,6H,5,7H2,1-2H3,(H,13,18). The van der Waals surface area contributed by atoms with E-state index >= 15 is 0 Å². The summed E-state index contributed by atoms with van der Waals surface area (Å²) in [6.45, 7) is 2.61. The van der Waals surface area contributed by atoms with Crippen LogP contribution in [-0.4, -0.2) is 25.5 Å². The number of hydrogen-bond donors (Lipinski definition) is 1. The van der Waals surface area contributed by atoms with Crippen molar-refractivity contribution in [2.24, 2.45) is 7.05 Å². The summed E-state index contributed by atoms with van der Waals surface area (Å²) in [6, 6.07) is 1.95. The molecule has 6 nitrogen and oxygen atoms in total. The Bertz CT molecular complexity index is 540. The first kappa shape index (κ1) is 12.8. The quantitative estimate of drug-likeness (QED) is 0.916. The molecular weight excluding hydrogens is 298 g/mol. The third-order valence-corrected chi connectivity index (χ3v) is 2.95. The second-order valence-electron chi connectivity index (χ2n) is 4.03. The van der Waals surface area contributed by atoms with Gasteiger partial charge in [-0.15, -0.1) is 0 Å². The third kappa shape index (κ3) is 3.19. The minimum atomic E-state index is -0.0890. The van der Waals surface area contributed by atoms with Gasteiger partial charge in [0.15, 0.2) is 0 Å². The molecule has 96 valence electrons. The summed E-state index contributed by atoms with van der Waals surface area (Å²) in [7, 11) is 1.88. The number of aromatic nitrogens is 4. The van der Waals surface area contributed by atoms with E-state index < -0.39 is 0 Å². The van der Waals surface area contributed by atoms with Crippen LogP contribution in [0.1, 0.15) is 11.4 Å². The molecule has 1 N–H and O–H groups in total. The van der Waals surface area contributed by atoms with Crippen LogP contribution in [-0.2, 0) is 24.9 Å². The van der Waals surface area contributed by atoms with Crippen molar-refractivity contribution in [3.63, 3.8) is 0 Å². The lowest BCUT2D eigenvalue weighted by atomic mass is 10.3. The highest BCUT2D eigenvalue weighted by Crippen LogP contribution is 2.05. The largest absolute Gasteiger partial charge is 0.349 e. The number of rotatable bonds is 4. The first-order chi connectivity index (χ1) is 8.54. The van der Waals surface area contributed by atoms with Crippen LogP contribution < -0.4 is 5.32 Å². The van der Waals surface area contributed by atoms with Crippen LogP contribution >= 0.6 is 15.9 Å². The predicted molar refractivity (Wildman–Crippen MR) is 69.7 cm³/mol. The fourth-order valence-electron chi connectivity index (χ4n) is 1.54. The van der Waals surface area contributed by atoms with Gasteiger partial charge in [0, 0.05) is 18.9 Å². The molecule has 0 unspecified atom stereocenters. The van der Waals surface area contributed by atoms with Crippen molar-refractivity contribution in [2.75, 3.05) is 0 Å². The summed E-state index contributed by atoms with van der Waals surface area (Å²) in [5, 5.41) is 11.1. The summed E-state index contributed by atoms with van der Waals surface area (Å²) in [4.78, 5) is 11.7. The van der Waals surface area contributed by atoms with Crippen molar-refractivity contribution in [1.29, 1.82) is 0 Å². The molecule has 2 rings (SSSR count). The summed E-state index contributed by atoms with van der Waals surface area (Å²) < 4.78 is 4.21. The number of carbonyl (C=O) groups is 1. The first-order valence-electron chi connectivity index (χ1n) is 5.49. The maximum Gasteiger partial charge on any atom is 0.242 e. The SMILES string of the molecule is Cc1cc(CNC(=O)Cn2cc(Br)cn2)nn1C. The van der Waals surface area contributed by atoms with Gasteiger partial charge in [-0.25, -0.2) is 0 Å². The Morgan fingerprint density at radius 1 is 1.56 bits per heavy atom. The van der Waals surface area contributed by atoms with E-state index in [-0.39, 0.29) is 12.5 Å². The van der Waals surface area contributed by atoms with Gasteiger partial charge < -0.3 is 5.32 Å². The number of amides is 1. The van der Waals surface area contributed by atoms with E-state index in [1.165, 1.54) is 0 Å². The summed E-state index contributed by atoms with van der Waals surface area (Å²) in [5.41, 5.74) is 1.92. The molecule has 0 saturated carbocycles. The van der Waals surface area contributed by atoms with E-state index in [1.807, 2.05) is 20.0 Å². The number of nitrogens with one attached hydrogen (secondary N) is 1. The number of hydrogen-bond acceptors (Lipinski definition) is 3. The minimum absolute atomic E-state index is 0.0890. The van der Waals surface area contributed by atoms with E-state index in [0.717, 1.165) is 15.9 Å². The van der Waals surface area contributed by atoms with Gasteiger partial charge in [0.25, 0.3) is 0 Å². The smallest absolute Gasteiger partial charge is 0.242 e. The molecule has 18 heavy (non-hydrogen) atoms. The Hall–Kier alpha value is -1.63. The highest BCUT2D eigenvalue weighted by Gasteiger charge is 2.06. The normalized spacial score (nSPS) is 10.6. The predicted octanol–water partition coefficient (Wildman–Crippen LogP) is 1.00. The first-order valence-corrected chi connectivity index (χ1v) is 6.28. The van der Waals surface area contributed by atoms with Gasteiger partial charge in [0.2, 0.25) is 5.91 Å². The molecule has 7 heteroatoms. The molecule has 0 aliphatic carbocycles. The van der Waals surface area contributed by atoms with Crippen LogP contribution in [0.3, 0.4) is 0 Å². The average Bonchev–Trinajstić information content (AvgIpc) is 2.84. The van der Waals surface area contributed by atoms with Gasteiger partial charge in [-0.05, 0) is 28.9 Å². The van der Waals surface area contributed by atoms with Crippen molar-refractivity contribution in [2.45, 2.75) is 20.0 Å². The molecular formula is C11H14BrN5O. The van der Waals surface area contributed by atoms with E-state index in [9.17, 15) is 4.79 Å². The lowest BCUT2D eigenvalue weighted by Crippen LogP contribution is -2.27. The second kappa shape index (κ2) is 5.34. The van der Waals surface area contributed by atoms with Crippen LogP contribution in [0.15, 0.2) is 22.9 Å². The maximum absolute atomic E-state index is 11.7. The van der Waals surface area contributed by atoms with Gasteiger partial charge in [-0.2, -0.15) is 10.2 Å². The topological polar surface area (TPSA) is 64.7 Å². The number of aryl methyl sites for hydroxylation is 2. The van der Waals surface area contributed by atoms with Crippen LogP contribution in [0.5, 0.6) is 0 Å². The molecule has 0 bridgehead atoms. The molecule has 0 aromatic carbocycles. The van der Waals surface area contributed by atoms with Crippen molar-refractivity contribution in [3.05, 3.63) is 34.3 Å². The van der Waals surface area contributed by atoms with E-state index in [2.05, 4.69) is 31.4 Å². The number of halogens is 1. The van der Waals surface area contributed by atoms with E-state index in [4.69, 9.17) is 0 Å². The van der Waals surface area contributed by atoms with E-state index in [0.29, 0.717) is 6.54 Å². The van der Waals surface area contributed by atoms with Crippen LogP contribution in [0.25, 0.3) is 0 Å². The van der Waals surface area contributed by atoms with Gasteiger partial charge in [0.1, 0.15) is 6.54 Å². The summed E-state index contributed by atoms with van der Waals surface area (Å²) in [6.07, 6.45) is 3.40. The van der Waals surface area contributed by atoms with Crippen molar-refractivity contribution in [3.8, 4) is 0 Å². The van der Waals surface area contributed by atoms with Crippen molar-refractivity contribution in [1.82, 2.24) is 24.9 Å². The molecule has 2 aromatic rings. The number of carbonyl (C=O) groups excluding carboxylic acids is 1. The Balaban J connectivity index is 1.85. The average molecular weight is 312 g/mol. The molecule has 0 spiro atoms. The van der Waals surface area contributed by atoms with Gasteiger partial charge in [0.05, 0.1) is 22.9 Å². The third-order valence-electron chi connectivity index (χ3n) is 2.54. The van der Waals surface area contributed by atoms with Crippen LogP contribution in [0, 0.1) is 6.92 Å². The fraction of sp³-hybridized carbons (Fsp3) is 0.364. The zero-order valence-corrected chi connectivity index (χ0v) is 11.8. The number of nitrogens with zero attached hydrogens (tertiary/aromatic N) is 4. The van der Waals surface area contributed by atoms with Crippen molar-refractivity contribution < 1.29 is 4.79 Å². The lowest BCUT2D eigenvalue weighted by Gasteiger charge is -2.03. The molecule has 2 heterocycles.